The second-order valence-corrected chi connectivity index (χ2v) is 10.2. The largest absolute Gasteiger partial charge is 0.394 e. The lowest BCUT2D eigenvalue weighted by atomic mass is 9.97. The summed E-state index contributed by atoms with van der Waals surface area (Å²) in [5, 5.41) is 53.4. The van der Waals surface area contributed by atoms with Crippen LogP contribution in [0.1, 0.15) is 21.2 Å². The van der Waals surface area contributed by atoms with Crippen molar-refractivity contribution >= 4 is 45.8 Å². The van der Waals surface area contributed by atoms with Crippen LogP contribution in [0, 0.1) is 10.1 Å². The van der Waals surface area contributed by atoms with Gasteiger partial charge in [-0.25, -0.2) is 0 Å². The SMILES string of the molecule is O=C(N[C@H]1C(=O)N([C@@H]2O[C@H](CO)[C@H](O)[C@H](O)[C@H]2O)C(=S)S[C@H]1c1ccc([N+](=O)[O-])cc1)c1ccccc1. The van der Waals surface area contributed by atoms with Gasteiger partial charge < -0.3 is 30.5 Å². The van der Waals surface area contributed by atoms with E-state index in [9.17, 15) is 40.1 Å². The Morgan fingerprint density at radius 2 is 1.73 bits per heavy atom. The topological polar surface area (TPSA) is 183 Å². The van der Waals surface area contributed by atoms with Crippen molar-refractivity contribution in [3.05, 3.63) is 75.8 Å². The van der Waals surface area contributed by atoms with Crippen molar-refractivity contribution in [3.63, 3.8) is 0 Å². The first kappa shape index (κ1) is 27.1. The molecule has 2 aliphatic rings. The molecule has 0 aromatic heterocycles. The third-order valence-electron chi connectivity index (χ3n) is 6.11. The molecule has 5 N–H and O–H groups in total. The third-order valence-corrected chi connectivity index (χ3v) is 7.79. The zero-order valence-corrected chi connectivity index (χ0v) is 20.6. The zero-order valence-electron chi connectivity index (χ0n) is 19.0. The van der Waals surface area contributed by atoms with Gasteiger partial charge in [0.05, 0.1) is 16.8 Å². The van der Waals surface area contributed by atoms with Gasteiger partial charge in [0.25, 0.3) is 17.5 Å². The Morgan fingerprint density at radius 1 is 1.08 bits per heavy atom. The fraction of sp³-hybridized carbons (Fsp3) is 0.348. The van der Waals surface area contributed by atoms with Crippen LogP contribution in [-0.2, 0) is 9.53 Å². The first-order valence-corrected chi connectivity index (χ1v) is 12.4. The number of thiocarbonyl (C=S) groups is 1. The standard InChI is InChI=1S/C23H23N3O9S2/c27-10-14-16(28)17(29)18(30)22(35-14)25-21(32)15(24-20(31)12-4-2-1-3-5-12)19(37-23(25)36)11-6-8-13(9-7-11)26(33)34/h1-9,14-19,22,27-30H,10H2,(H,24,31)/t14-,15-,16+,17+,18-,19+,22-/m1/s1. The van der Waals surface area contributed by atoms with Crippen molar-refractivity contribution in [2.45, 2.75) is 41.9 Å². The van der Waals surface area contributed by atoms with E-state index in [1.54, 1.807) is 30.3 Å². The molecule has 2 aliphatic heterocycles. The zero-order chi connectivity index (χ0) is 26.9. The lowest BCUT2D eigenvalue weighted by Crippen LogP contribution is -2.67. The van der Waals surface area contributed by atoms with Crippen LogP contribution in [0.25, 0.3) is 0 Å². The number of hydrogen-bond acceptors (Lipinski definition) is 11. The summed E-state index contributed by atoms with van der Waals surface area (Å²) in [7, 11) is 0. The molecule has 2 fully saturated rings. The molecule has 37 heavy (non-hydrogen) atoms. The molecular formula is C23H23N3O9S2. The van der Waals surface area contributed by atoms with Crippen LogP contribution >= 0.6 is 24.0 Å². The van der Waals surface area contributed by atoms with Gasteiger partial charge in [0.1, 0.15) is 34.8 Å². The summed E-state index contributed by atoms with van der Waals surface area (Å²) in [5.41, 5.74) is 0.583. The summed E-state index contributed by atoms with van der Waals surface area (Å²) in [6.45, 7) is -0.705. The highest BCUT2D eigenvalue weighted by atomic mass is 32.2. The van der Waals surface area contributed by atoms with E-state index in [2.05, 4.69) is 5.32 Å². The van der Waals surface area contributed by atoms with Crippen LogP contribution in [0.4, 0.5) is 5.69 Å². The number of thioether (sulfide) groups is 1. The van der Waals surface area contributed by atoms with E-state index in [1.807, 2.05) is 0 Å². The molecule has 0 bridgehead atoms. The summed E-state index contributed by atoms with van der Waals surface area (Å²) < 4.78 is 5.47. The molecule has 196 valence electrons. The number of nitro groups is 1. The van der Waals surface area contributed by atoms with Crippen molar-refractivity contribution in [3.8, 4) is 0 Å². The molecule has 12 nitrogen and oxygen atoms in total. The Labute approximate surface area is 220 Å². The van der Waals surface area contributed by atoms with Gasteiger partial charge in [0.2, 0.25) is 0 Å². The molecule has 2 aromatic carbocycles. The van der Waals surface area contributed by atoms with Gasteiger partial charge in [-0.2, -0.15) is 0 Å². The minimum Gasteiger partial charge on any atom is -0.394 e. The molecule has 2 heterocycles. The summed E-state index contributed by atoms with van der Waals surface area (Å²) in [6.07, 6.45) is -8.01. The molecule has 0 unspecified atom stereocenters. The molecule has 2 saturated heterocycles. The van der Waals surface area contributed by atoms with Gasteiger partial charge in [-0.05, 0) is 17.7 Å². The average Bonchev–Trinajstić information content (AvgIpc) is 2.90. The number of hydrogen-bond donors (Lipinski definition) is 5. The highest BCUT2D eigenvalue weighted by Gasteiger charge is 2.52. The van der Waals surface area contributed by atoms with Crippen molar-refractivity contribution in [2.75, 3.05) is 6.61 Å². The van der Waals surface area contributed by atoms with Crippen LogP contribution in [0.2, 0.25) is 0 Å². The van der Waals surface area contributed by atoms with Crippen LogP contribution < -0.4 is 5.32 Å². The molecule has 14 heteroatoms. The molecule has 2 aromatic rings. The van der Waals surface area contributed by atoms with Gasteiger partial charge in [-0.3, -0.25) is 24.6 Å². The van der Waals surface area contributed by atoms with Crippen molar-refractivity contribution in [1.29, 1.82) is 0 Å². The van der Waals surface area contributed by atoms with E-state index in [0.29, 0.717) is 5.56 Å². The smallest absolute Gasteiger partial charge is 0.269 e. The number of rotatable bonds is 6. The van der Waals surface area contributed by atoms with Gasteiger partial charge in [0, 0.05) is 17.7 Å². The van der Waals surface area contributed by atoms with E-state index in [4.69, 9.17) is 17.0 Å². The number of aliphatic hydroxyl groups is 4. The third kappa shape index (κ3) is 5.36. The molecule has 0 spiro atoms. The quantitative estimate of drug-likeness (QED) is 0.187. The number of aliphatic hydroxyl groups excluding tert-OH is 4. The Kier molecular flexibility index (Phi) is 8.18. The Bertz CT molecular complexity index is 1180. The lowest BCUT2D eigenvalue weighted by molar-refractivity contribution is -0.384. The normalized spacial score (nSPS) is 30.2. The summed E-state index contributed by atoms with van der Waals surface area (Å²) in [5.74, 6) is -1.35. The first-order chi connectivity index (χ1) is 17.6. The number of ether oxygens (including phenoxy) is 1. The fourth-order valence-corrected chi connectivity index (χ4v) is 5.77. The number of nitro benzene ring substituents is 1. The van der Waals surface area contributed by atoms with Gasteiger partial charge in [0.15, 0.2) is 6.23 Å². The number of non-ortho nitro benzene ring substituents is 1. The van der Waals surface area contributed by atoms with Gasteiger partial charge in [-0.1, -0.05) is 54.3 Å². The summed E-state index contributed by atoms with van der Waals surface area (Å²) in [6, 6.07) is 12.3. The lowest BCUT2D eigenvalue weighted by Gasteiger charge is -2.47. The predicted molar refractivity (Wildman–Crippen MR) is 134 cm³/mol. The van der Waals surface area contributed by atoms with Gasteiger partial charge in [-0.15, -0.1) is 0 Å². The maximum atomic E-state index is 13.8. The van der Waals surface area contributed by atoms with E-state index >= 15 is 0 Å². The number of benzene rings is 2. The number of carbonyl (C=O) groups excluding carboxylic acids is 2. The Balaban J connectivity index is 1.69. The number of nitrogens with one attached hydrogen (secondary N) is 1. The average molecular weight is 550 g/mol. The molecule has 0 saturated carbocycles. The second kappa shape index (κ2) is 11.2. The molecule has 0 aliphatic carbocycles. The monoisotopic (exact) mass is 549 g/mol. The minimum absolute atomic E-state index is 0.0668. The van der Waals surface area contributed by atoms with Crippen molar-refractivity contribution in [2.24, 2.45) is 0 Å². The van der Waals surface area contributed by atoms with Crippen LogP contribution in [0.5, 0.6) is 0 Å². The van der Waals surface area contributed by atoms with E-state index in [1.165, 1.54) is 24.3 Å². The van der Waals surface area contributed by atoms with Crippen LogP contribution in [-0.4, -0.2) is 89.7 Å². The van der Waals surface area contributed by atoms with E-state index in [-0.39, 0.29) is 15.6 Å². The van der Waals surface area contributed by atoms with E-state index in [0.717, 1.165) is 16.7 Å². The molecule has 0 radical (unpaired) electrons. The highest BCUT2D eigenvalue weighted by molar-refractivity contribution is 8.23. The second-order valence-electron chi connectivity index (χ2n) is 8.40. The maximum absolute atomic E-state index is 13.8. The summed E-state index contributed by atoms with van der Waals surface area (Å²) >= 11 is 6.41. The molecule has 2 amide bonds. The van der Waals surface area contributed by atoms with Crippen LogP contribution in [0.3, 0.4) is 0 Å². The number of amides is 2. The van der Waals surface area contributed by atoms with Crippen molar-refractivity contribution < 1.29 is 39.7 Å². The molecule has 4 rings (SSSR count). The number of nitrogens with zero attached hydrogens (tertiary/aromatic N) is 2. The van der Waals surface area contributed by atoms with Crippen molar-refractivity contribution in [1.82, 2.24) is 10.2 Å². The fourth-order valence-electron chi connectivity index (χ4n) is 4.13. The number of carbonyl (C=O) groups is 2. The molecular weight excluding hydrogens is 526 g/mol. The predicted octanol–water partition coefficient (Wildman–Crippen LogP) is 0.0947. The highest BCUT2D eigenvalue weighted by Crippen LogP contribution is 2.42. The molecule has 7 atom stereocenters. The Morgan fingerprint density at radius 3 is 2.32 bits per heavy atom. The maximum Gasteiger partial charge on any atom is 0.269 e. The van der Waals surface area contributed by atoms with Gasteiger partial charge >= 0.3 is 0 Å². The van der Waals surface area contributed by atoms with E-state index < -0.39 is 65.3 Å². The first-order valence-electron chi connectivity index (χ1n) is 11.1. The van der Waals surface area contributed by atoms with Crippen LogP contribution in [0.15, 0.2) is 54.6 Å². The Hall–Kier alpha value is -2.98. The summed E-state index contributed by atoms with van der Waals surface area (Å²) in [4.78, 5) is 38.2. The minimum atomic E-state index is -1.78.